The Labute approximate surface area is 181 Å². The van der Waals surface area contributed by atoms with Gasteiger partial charge in [-0.2, -0.15) is 0 Å². The van der Waals surface area contributed by atoms with Crippen molar-refractivity contribution in [1.82, 2.24) is 10.6 Å². The number of carbonyl (C=O) groups is 4. The van der Waals surface area contributed by atoms with E-state index < -0.39 is 30.4 Å². The first kappa shape index (κ1) is 22.9. The van der Waals surface area contributed by atoms with Crippen molar-refractivity contribution in [3.8, 4) is 5.75 Å². The Hall–Kier alpha value is -3.40. The molecule has 2 rings (SSSR count). The van der Waals surface area contributed by atoms with E-state index in [1.165, 1.54) is 12.1 Å². The molecule has 0 atom stereocenters. The second-order valence-corrected chi connectivity index (χ2v) is 6.74. The standard InChI is InChI=1S/C20H20BrN3O6/c1-2-22-20(28)24-18(26)12-30-19(27)15-5-3-4-6-16(15)29-11-17(25)23-14-9-7-13(21)8-10-14/h3-10H,2,11-12H2,1H3,(H,23,25)(H2,22,24,26,28). The van der Waals surface area contributed by atoms with E-state index in [2.05, 4.69) is 26.6 Å². The third-order valence-corrected chi connectivity index (χ3v) is 4.05. The summed E-state index contributed by atoms with van der Waals surface area (Å²) in [6.07, 6.45) is 0. The summed E-state index contributed by atoms with van der Waals surface area (Å²) in [5, 5.41) is 7.06. The number of benzene rings is 2. The van der Waals surface area contributed by atoms with E-state index in [-0.39, 0.29) is 17.9 Å². The molecule has 2 aromatic rings. The minimum atomic E-state index is -0.829. The number of ether oxygens (including phenoxy) is 2. The Morgan fingerprint density at radius 1 is 0.933 bits per heavy atom. The molecule has 2 aromatic carbocycles. The zero-order valence-corrected chi connectivity index (χ0v) is 17.7. The number of carbonyl (C=O) groups excluding carboxylic acids is 4. The maximum Gasteiger partial charge on any atom is 0.342 e. The van der Waals surface area contributed by atoms with E-state index in [1.807, 2.05) is 5.32 Å². The lowest BCUT2D eigenvalue weighted by Gasteiger charge is -2.11. The molecule has 0 aromatic heterocycles. The molecule has 0 aliphatic heterocycles. The van der Waals surface area contributed by atoms with E-state index in [4.69, 9.17) is 9.47 Å². The summed E-state index contributed by atoms with van der Waals surface area (Å²) in [5.74, 6) is -1.90. The van der Waals surface area contributed by atoms with Gasteiger partial charge in [-0.3, -0.25) is 14.9 Å². The van der Waals surface area contributed by atoms with Crippen molar-refractivity contribution in [2.45, 2.75) is 6.92 Å². The second kappa shape index (κ2) is 11.6. The summed E-state index contributed by atoms with van der Waals surface area (Å²) in [6.45, 7) is 1.06. The van der Waals surface area contributed by atoms with Crippen molar-refractivity contribution in [2.75, 3.05) is 25.1 Å². The number of nitrogens with one attached hydrogen (secondary N) is 3. The summed E-state index contributed by atoms with van der Waals surface area (Å²) in [4.78, 5) is 47.2. The van der Waals surface area contributed by atoms with Gasteiger partial charge in [0.2, 0.25) is 0 Å². The van der Waals surface area contributed by atoms with Crippen LogP contribution in [0.2, 0.25) is 0 Å². The van der Waals surface area contributed by atoms with Gasteiger partial charge in [0.1, 0.15) is 11.3 Å². The summed E-state index contributed by atoms with van der Waals surface area (Å²) >= 11 is 3.31. The highest BCUT2D eigenvalue weighted by molar-refractivity contribution is 9.10. The second-order valence-electron chi connectivity index (χ2n) is 5.82. The van der Waals surface area contributed by atoms with Crippen LogP contribution in [-0.2, 0) is 14.3 Å². The molecule has 9 nitrogen and oxygen atoms in total. The molecule has 0 aliphatic rings. The van der Waals surface area contributed by atoms with E-state index in [1.54, 1.807) is 43.3 Å². The molecule has 0 aliphatic carbocycles. The number of amides is 4. The molecule has 158 valence electrons. The van der Waals surface area contributed by atoms with Crippen molar-refractivity contribution in [3.05, 3.63) is 58.6 Å². The molecule has 0 saturated heterocycles. The van der Waals surface area contributed by atoms with Gasteiger partial charge in [0.05, 0.1) is 0 Å². The monoisotopic (exact) mass is 477 g/mol. The van der Waals surface area contributed by atoms with Crippen LogP contribution in [0.5, 0.6) is 5.75 Å². The maximum absolute atomic E-state index is 12.3. The maximum atomic E-state index is 12.3. The van der Waals surface area contributed by atoms with Crippen molar-refractivity contribution >= 4 is 45.4 Å². The van der Waals surface area contributed by atoms with Crippen LogP contribution in [0.15, 0.2) is 53.0 Å². The van der Waals surface area contributed by atoms with Gasteiger partial charge in [0.15, 0.2) is 13.2 Å². The number of urea groups is 1. The Kier molecular flexibility index (Phi) is 8.82. The van der Waals surface area contributed by atoms with Crippen LogP contribution in [0.4, 0.5) is 10.5 Å². The number of halogens is 1. The van der Waals surface area contributed by atoms with Gasteiger partial charge in [-0.15, -0.1) is 0 Å². The Morgan fingerprint density at radius 2 is 1.63 bits per heavy atom. The number of para-hydroxylation sites is 1. The van der Waals surface area contributed by atoms with Gasteiger partial charge in [-0.25, -0.2) is 9.59 Å². The van der Waals surface area contributed by atoms with Crippen molar-refractivity contribution in [1.29, 1.82) is 0 Å². The van der Waals surface area contributed by atoms with Crippen LogP contribution in [0.3, 0.4) is 0 Å². The highest BCUT2D eigenvalue weighted by Gasteiger charge is 2.17. The number of anilines is 1. The normalized spacial score (nSPS) is 9.93. The number of esters is 1. The largest absolute Gasteiger partial charge is 0.483 e. The molecule has 3 N–H and O–H groups in total. The van der Waals surface area contributed by atoms with Crippen LogP contribution in [0.25, 0.3) is 0 Å². The SMILES string of the molecule is CCNC(=O)NC(=O)COC(=O)c1ccccc1OCC(=O)Nc1ccc(Br)cc1. The molecule has 0 heterocycles. The molecule has 0 saturated carbocycles. The molecule has 0 unspecified atom stereocenters. The highest BCUT2D eigenvalue weighted by Crippen LogP contribution is 2.19. The lowest BCUT2D eigenvalue weighted by atomic mass is 10.2. The summed E-state index contributed by atoms with van der Waals surface area (Å²) in [6, 6.07) is 12.5. The van der Waals surface area contributed by atoms with E-state index in [9.17, 15) is 19.2 Å². The third kappa shape index (κ3) is 7.55. The smallest absolute Gasteiger partial charge is 0.342 e. The Morgan fingerprint density at radius 3 is 2.33 bits per heavy atom. The van der Waals surface area contributed by atoms with Crippen molar-refractivity contribution in [3.63, 3.8) is 0 Å². The molecular formula is C20H20BrN3O6. The molecule has 0 bridgehead atoms. The minimum absolute atomic E-state index is 0.0414. The molecule has 0 radical (unpaired) electrons. The zero-order valence-electron chi connectivity index (χ0n) is 16.1. The number of hydrogen-bond donors (Lipinski definition) is 3. The third-order valence-electron chi connectivity index (χ3n) is 3.52. The van der Waals surface area contributed by atoms with Crippen LogP contribution < -0.4 is 20.7 Å². The first-order valence-electron chi connectivity index (χ1n) is 8.91. The number of imide groups is 1. The summed E-state index contributed by atoms with van der Waals surface area (Å²) < 4.78 is 11.2. The van der Waals surface area contributed by atoms with Crippen molar-refractivity contribution < 1.29 is 28.7 Å². The van der Waals surface area contributed by atoms with Crippen LogP contribution in [-0.4, -0.2) is 43.6 Å². The number of rotatable bonds is 8. The fourth-order valence-corrected chi connectivity index (χ4v) is 2.48. The van der Waals surface area contributed by atoms with E-state index in [0.717, 1.165) is 4.47 Å². The predicted octanol–water partition coefficient (Wildman–Crippen LogP) is 2.47. The van der Waals surface area contributed by atoms with Gasteiger partial charge in [0.25, 0.3) is 11.8 Å². The molecular weight excluding hydrogens is 458 g/mol. The lowest BCUT2D eigenvalue weighted by Crippen LogP contribution is -2.41. The fourth-order valence-electron chi connectivity index (χ4n) is 2.21. The van der Waals surface area contributed by atoms with Gasteiger partial charge in [-0.1, -0.05) is 28.1 Å². The average Bonchev–Trinajstić information content (AvgIpc) is 2.72. The molecule has 0 spiro atoms. The quantitative estimate of drug-likeness (QED) is 0.501. The van der Waals surface area contributed by atoms with E-state index in [0.29, 0.717) is 12.2 Å². The molecule has 30 heavy (non-hydrogen) atoms. The zero-order chi connectivity index (χ0) is 21.9. The van der Waals surface area contributed by atoms with Crippen LogP contribution >= 0.6 is 15.9 Å². The summed E-state index contributed by atoms with van der Waals surface area (Å²) in [7, 11) is 0. The summed E-state index contributed by atoms with van der Waals surface area (Å²) in [5.41, 5.74) is 0.636. The Balaban J connectivity index is 1.89. The van der Waals surface area contributed by atoms with Crippen molar-refractivity contribution in [2.24, 2.45) is 0 Å². The first-order valence-corrected chi connectivity index (χ1v) is 9.70. The fraction of sp³-hybridized carbons (Fsp3) is 0.200. The predicted molar refractivity (Wildman–Crippen MR) is 112 cm³/mol. The first-order chi connectivity index (χ1) is 14.4. The molecule has 0 fully saturated rings. The van der Waals surface area contributed by atoms with Gasteiger partial charge < -0.3 is 20.1 Å². The highest BCUT2D eigenvalue weighted by atomic mass is 79.9. The number of hydrogen-bond acceptors (Lipinski definition) is 6. The van der Waals surface area contributed by atoms with E-state index >= 15 is 0 Å². The van der Waals surface area contributed by atoms with Gasteiger partial charge in [0, 0.05) is 16.7 Å². The van der Waals surface area contributed by atoms with Gasteiger partial charge in [-0.05, 0) is 43.3 Å². The average molecular weight is 478 g/mol. The lowest BCUT2D eigenvalue weighted by molar-refractivity contribution is -0.123. The topological polar surface area (TPSA) is 123 Å². The van der Waals surface area contributed by atoms with Crippen LogP contribution in [0.1, 0.15) is 17.3 Å². The van der Waals surface area contributed by atoms with Gasteiger partial charge >= 0.3 is 12.0 Å². The van der Waals surface area contributed by atoms with Crippen LogP contribution in [0, 0.1) is 0 Å². The molecule has 4 amide bonds. The minimum Gasteiger partial charge on any atom is -0.483 e. The molecule has 10 heteroatoms. The Bertz CT molecular complexity index is 917.